The second-order valence-electron chi connectivity index (χ2n) is 7.32. The largest absolute Gasteiger partial charge is 0.497 e. The molecule has 1 heterocycles. The van der Waals surface area contributed by atoms with Crippen LogP contribution in [0.5, 0.6) is 17.2 Å². The van der Waals surface area contributed by atoms with Gasteiger partial charge in [0.15, 0.2) is 5.76 Å². The molecular weight excluding hydrogens is 422 g/mol. The molecule has 7 heteroatoms. The number of carbonyl (C=O) groups excluding carboxylic acids is 2. The Kier molecular flexibility index (Phi) is 6.04. The zero-order valence-electron chi connectivity index (χ0n) is 18.7. The van der Waals surface area contributed by atoms with Crippen LogP contribution in [-0.2, 0) is 0 Å². The summed E-state index contributed by atoms with van der Waals surface area (Å²) in [6.07, 6.45) is 0. The van der Waals surface area contributed by atoms with Crippen molar-refractivity contribution in [2.24, 2.45) is 0 Å². The van der Waals surface area contributed by atoms with Crippen molar-refractivity contribution in [2.45, 2.75) is 6.92 Å². The number of furan rings is 1. The first-order chi connectivity index (χ1) is 16.0. The maximum atomic E-state index is 13.3. The molecule has 33 heavy (non-hydrogen) atoms. The van der Waals surface area contributed by atoms with Gasteiger partial charge in [0.25, 0.3) is 5.91 Å². The van der Waals surface area contributed by atoms with E-state index in [9.17, 15) is 9.59 Å². The van der Waals surface area contributed by atoms with Gasteiger partial charge in [-0.15, -0.1) is 0 Å². The van der Waals surface area contributed by atoms with E-state index in [1.54, 1.807) is 67.6 Å². The quantitative estimate of drug-likeness (QED) is 0.391. The van der Waals surface area contributed by atoms with E-state index < -0.39 is 0 Å². The maximum absolute atomic E-state index is 13.3. The van der Waals surface area contributed by atoms with Crippen molar-refractivity contribution in [2.75, 3.05) is 26.6 Å². The SMILES string of the molecule is COc1ccc(OC)c(C(=O)c2oc3ccc(NC(=O)c4ccccc4OC)cc3c2C)c1. The van der Waals surface area contributed by atoms with Crippen LogP contribution in [0.15, 0.2) is 65.1 Å². The molecule has 1 amide bonds. The van der Waals surface area contributed by atoms with Crippen LogP contribution in [-0.4, -0.2) is 33.0 Å². The molecule has 0 bridgehead atoms. The van der Waals surface area contributed by atoms with Gasteiger partial charge >= 0.3 is 0 Å². The van der Waals surface area contributed by atoms with E-state index in [4.69, 9.17) is 18.6 Å². The fraction of sp³-hybridized carbons (Fsp3) is 0.154. The summed E-state index contributed by atoms with van der Waals surface area (Å²) in [7, 11) is 4.55. The van der Waals surface area contributed by atoms with Gasteiger partial charge in [0, 0.05) is 16.6 Å². The Balaban J connectivity index is 1.68. The van der Waals surface area contributed by atoms with Crippen molar-refractivity contribution < 1.29 is 28.2 Å². The first-order valence-electron chi connectivity index (χ1n) is 10.2. The minimum Gasteiger partial charge on any atom is -0.497 e. The van der Waals surface area contributed by atoms with Crippen molar-refractivity contribution in [3.63, 3.8) is 0 Å². The highest BCUT2D eigenvalue weighted by Gasteiger charge is 2.23. The van der Waals surface area contributed by atoms with Gasteiger partial charge < -0.3 is 23.9 Å². The van der Waals surface area contributed by atoms with Crippen LogP contribution in [0.25, 0.3) is 11.0 Å². The molecule has 4 rings (SSSR count). The van der Waals surface area contributed by atoms with E-state index in [0.717, 1.165) is 5.39 Å². The van der Waals surface area contributed by atoms with Gasteiger partial charge in [0.05, 0.1) is 32.5 Å². The van der Waals surface area contributed by atoms with Gasteiger partial charge in [0.1, 0.15) is 22.8 Å². The third-order valence-electron chi connectivity index (χ3n) is 5.40. The van der Waals surface area contributed by atoms with E-state index in [0.29, 0.717) is 45.2 Å². The number of carbonyl (C=O) groups is 2. The highest BCUT2D eigenvalue weighted by atomic mass is 16.5. The van der Waals surface area contributed by atoms with Gasteiger partial charge in [-0.1, -0.05) is 12.1 Å². The minimum atomic E-state index is -0.320. The summed E-state index contributed by atoms with van der Waals surface area (Å²) in [5.74, 6) is 1.02. The number of benzene rings is 3. The second-order valence-corrected chi connectivity index (χ2v) is 7.32. The number of rotatable bonds is 7. The Hall–Kier alpha value is -4.26. The number of nitrogens with one attached hydrogen (secondary N) is 1. The monoisotopic (exact) mass is 445 g/mol. The summed E-state index contributed by atoms with van der Waals surface area (Å²) in [6.45, 7) is 1.80. The summed E-state index contributed by atoms with van der Waals surface area (Å²) < 4.78 is 21.8. The van der Waals surface area contributed by atoms with Crippen molar-refractivity contribution in [1.82, 2.24) is 0 Å². The van der Waals surface area contributed by atoms with Gasteiger partial charge in [-0.2, -0.15) is 0 Å². The summed E-state index contributed by atoms with van der Waals surface area (Å²) in [5.41, 5.74) is 2.52. The molecule has 4 aromatic rings. The van der Waals surface area contributed by atoms with Crippen LogP contribution in [0.2, 0.25) is 0 Å². The van der Waals surface area contributed by atoms with Crippen LogP contribution in [0, 0.1) is 6.92 Å². The third kappa shape index (κ3) is 4.13. The van der Waals surface area contributed by atoms with Crippen molar-refractivity contribution in [3.8, 4) is 17.2 Å². The Morgan fingerprint density at radius 3 is 2.27 bits per heavy atom. The molecule has 1 N–H and O–H groups in total. The number of hydrogen-bond acceptors (Lipinski definition) is 6. The fourth-order valence-electron chi connectivity index (χ4n) is 3.66. The number of ketones is 1. The summed E-state index contributed by atoms with van der Waals surface area (Å²) >= 11 is 0. The molecule has 168 valence electrons. The molecule has 1 aromatic heterocycles. The zero-order chi connectivity index (χ0) is 23.5. The molecule has 3 aromatic carbocycles. The van der Waals surface area contributed by atoms with E-state index in [1.807, 2.05) is 0 Å². The molecule has 0 radical (unpaired) electrons. The number of methoxy groups -OCH3 is 3. The number of amides is 1. The molecule has 0 fully saturated rings. The Labute approximate surface area is 190 Å². The summed E-state index contributed by atoms with van der Waals surface area (Å²) in [4.78, 5) is 26.0. The smallest absolute Gasteiger partial charge is 0.259 e. The fourth-order valence-corrected chi connectivity index (χ4v) is 3.66. The number of hydrogen-bond donors (Lipinski definition) is 1. The molecule has 0 aliphatic rings. The van der Waals surface area contributed by atoms with Crippen LogP contribution in [0.3, 0.4) is 0 Å². The summed E-state index contributed by atoms with van der Waals surface area (Å²) in [5, 5.41) is 3.59. The highest BCUT2D eigenvalue weighted by molar-refractivity contribution is 6.13. The average molecular weight is 445 g/mol. The number of anilines is 1. The van der Waals surface area contributed by atoms with E-state index in [-0.39, 0.29) is 17.5 Å². The molecule has 0 aliphatic carbocycles. The van der Waals surface area contributed by atoms with Crippen LogP contribution in [0.4, 0.5) is 5.69 Å². The van der Waals surface area contributed by atoms with E-state index in [2.05, 4.69) is 5.32 Å². The predicted molar refractivity (Wildman–Crippen MR) is 125 cm³/mol. The number of ether oxygens (including phenoxy) is 3. The molecular formula is C26H23NO6. The Bertz CT molecular complexity index is 1350. The van der Waals surface area contributed by atoms with Gasteiger partial charge in [-0.3, -0.25) is 9.59 Å². The first kappa shape index (κ1) is 22.0. The molecule has 0 atom stereocenters. The predicted octanol–water partition coefficient (Wildman–Crippen LogP) is 5.25. The number of aryl methyl sites for hydroxylation is 1. The lowest BCUT2D eigenvalue weighted by Crippen LogP contribution is -2.13. The van der Waals surface area contributed by atoms with Crippen molar-refractivity contribution >= 4 is 28.3 Å². The van der Waals surface area contributed by atoms with Gasteiger partial charge in [-0.05, 0) is 55.5 Å². The third-order valence-corrected chi connectivity index (χ3v) is 5.40. The average Bonchev–Trinajstić information content (AvgIpc) is 3.18. The van der Waals surface area contributed by atoms with E-state index in [1.165, 1.54) is 21.3 Å². The molecule has 0 unspecified atom stereocenters. The van der Waals surface area contributed by atoms with Crippen LogP contribution in [0.1, 0.15) is 32.0 Å². The lowest BCUT2D eigenvalue weighted by molar-refractivity contribution is 0.100. The lowest BCUT2D eigenvalue weighted by Gasteiger charge is -2.09. The van der Waals surface area contributed by atoms with Gasteiger partial charge in [-0.25, -0.2) is 0 Å². The van der Waals surface area contributed by atoms with Crippen LogP contribution >= 0.6 is 0 Å². The topological polar surface area (TPSA) is 87.0 Å². The normalized spacial score (nSPS) is 10.7. The van der Waals surface area contributed by atoms with Crippen LogP contribution < -0.4 is 19.5 Å². The Morgan fingerprint density at radius 2 is 1.55 bits per heavy atom. The van der Waals surface area contributed by atoms with Crippen molar-refractivity contribution in [3.05, 3.63) is 83.1 Å². The van der Waals surface area contributed by atoms with Gasteiger partial charge in [0.2, 0.25) is 5.78 Å². The minimum absolute atomic E-state index is 0.199. The standard InChI is InChI=1S/C26H23NO6/c1-15-19-13-16(27-26(29)18-7-5-6-8-21(18)31-3)9-11-23(19)33-25(15)24(28)20-14-17(30-2)10-12-22(20)32-4/h5-14H,1-4H3,(H,27,29). The molecule has 0 saturated carbocycles. The van der Waals surface area contributed by atoms with Crippen molar-refractivity contribution in [1.29, 1.82) is 0 Å². The molecule has 0 spiro atoms. The second kappa shape index (κ2) is 9.08. The molecule has 7 nitrogen and oxygen atoms in total. The molecule has 0 aliphatic heterocycles. The molecule has 0 saturated heterocycles. The zero-order valence-corrected chi connectivity index (χ0v) is 18.7. The number of para-hydroxylation sites is 1. The number of fused-ring (bicyclic) bond motifs is 1. The summed E-state index contributed by atoms with van der Waals surface area (Å²) in [6, 6.07) is 17.2. The Morgan fingerprint density at radius 1 is 0.818 bits per heavy atom. The maximum Gasteiger partial charge on any atom is 0.259 e. The highest BCUT2D eigenvalue weighted by Crippen LogP contribution is 2.33. The first-order valence-corrected chi connectivity index (χ1v) is 10.2. The van der Waals surface area contributed by atoms with E-state index >= 15 is 0 Å². The lowest BCUT2D eigenvalue weighted by atomic mass is 10.0.